The fraction of sp³-hybridized carbons (Fsp3) is 0.278. The number of ether oxygens (including phenoxy) is 1. The first kappa shape index (κ1) is 19.2. The Morgan fingerprint density at radius 1 is 1.12 bits per heavy atom. The Kier molecular flexibility index (Phi) is 7.18. The molecule has 3 N–H and O–H groups in total. The zero-order valence-electron chi connectivity index (χ0n) is 13.5. The normalized spacial score (nSPS) is 10.6. The minimum absolute atomic E-state index is 0.124. The van der Waals surface area contributed by atoms with Gasteiger partial charge in [-0.2, -0.15) is 0 Å². The molecular formula is C18H19ClFNO4. The van der Waals surface area contributed by atoms with Crippen LogP contribution in [0.1, 0.15) is 16.7 Å². The van der Waals surface area contributed by atoms with Crippen LogP contribution in [0.25, 0.3) is 0 Å². The SMILES string of the molecule is O=C(COc1c(CO)cc(F)cc1CO)NCCc1ccc(Cl)cc1. The molecule has 25 heavy (non-hydrogen) atoms. The summed E-state index contributed by atoms with van der Waals surface area (Å²) < 4.78 is 18.7. The van der Waals surface area contributed by atoms with Crippen molar-refractivity contribution in [3.63, 3.8) is 0 Å². The van der Waals surface area contributed by atoms with E-state index in [2.05, 4.69) is 5.32 Å². The van der Waals surface area contributed by atoms with Gasteiger partial charge in [-0.15, -0.1) is 0 Å². The number of carbonyl (C=O) groups excluding carboxylic acids is 1. The maximum absolute atomic E-state index is 13.4. The number of hydrogen-bond donors (Lipinski definition) is 3. The second-order valence-electron chi connectivity index (χ2n) is 5.38. The van der Waals surface area contributed by atoms with Gasteiger partial charge in [-0.3, -0.25) is 4.79 Å². The summed E-state index contributed by atoms with van der Waals surface area (Å²) in [4.78, 5) is 11.9. The van der Waals surface area contributed by atoms with Crippen LogP contribution in [0.2, 0.25) is 5.02 Å². The number of aliphatic hydroxyl groups excluding tert-OH is 2. The summed E-state index contributed by atoms with van der Waals surface area (Å²) in [6.07, 6.45) is 0.642. The van der Waals surface area contributed by atoms with Crippen LogP contribution in [-0.2, 0) is 24.4 Å². The summed E-state index contributed by atoms with van der Waals surface area (Å²) >= 11 is 5.81. The van der Waals surface area contributed by atoms with Crippen LogP contribution in [-0.4, -0.2) is 29.3 Å². The van der Waals surface area contributed by atoms with Crippen LogP contribution in [0, 0.1) is 5.82 Å². The molecule has 1 amide bonds. The second kappa shape index (κ2) is 9.36. The zero-order chi connectivity index (χ0) is 18.2. The highest BCUT2D eigenvalue weighted by Gasteiger charge is 2.13. The number of hydrogen-bond acceptors (Lipinski definition) is 4. The molecule has 0 bridgehead atoms. The first-order valence-electron chi connectivity index (χ1n) is 7.70. The van der Waals surface area contributed by atoms with Gasteiger partial charge >= 0.3 is 0 Å². The molecule has 0 aliphatic heterocycles. The molecule has 0 aliphatic carbocycles. The number of carbonyl (C=O) groups is 1. The Bertz CT molecular complexity index is 697. The fourth-order valence-electron chi connectivity index (χ4n) is 2.32. The van der Waals surface area contributed by atoms with E-state index in [9.17, 15) is 19.4 Å². The Morgan fingerprint density at radius 2 is 1.72 bits per heavy atom. The third-order valence-electron chi connectivity index (χ3n) is 3.54. The van der Waals surface area contributed by atoms with Gasteiger partial charge in [0.05, 0.1) is 13.2 Å². The maximum atomic E-state index is 13.4. The van der Waals surface area contributed by atoms with Crippen LogP contribution in [0.3, 0.4) is 0 Å². The minimum atomic E-state index is -0.590. The molecule has 0 atom stereocenters. The third-order valence-corrected chi connectivity index (χ3v) is 3.80. The second-order valence-corrected chi connectivity index (χ2v) is 5.82. The van der Waals surface area contributed by atoms with Crippen LogP contribution >= 0.6 is 11.6 Å². The molecule has 134 valence electrons. The van der Waals surface area contributed by atoms with Gasteiger partial charge in [0.25, 0.3) is 5.91 Å². The van der Waals surface area contributed by atoms with Gasteiger partial charge in [-0.1, -0.05) is 23.7 Å². The highest BCUT2D eigenvalue weighted by Crippen LogP contribution is 2.26. The number of amides is 1. The van der Waals surface area contributed by atoms with E-state index < -0.39 is 19.0 Å². The average Bonchev–Trinajstić information content (AvgIpc) is 2.61. The van der Waals surface area contributed by atoms with Crippen molar-refractivity contribution in [3.8, 4) is 5.75 Å². The highest BCUT2D eigenvalue weighted by molar-refractivity contribution is 6.30. The van der Waals surface area contributed by atoms with Crippen molar-refractivity contribution in [2.24, 2.45) is 0 Å². The van der Waals surface area contributed by atoms with Crippen LogP contribution in [0.5, 0.6) is 5.75 Å². The van der Waals surface area contributed by atoms with E-state index >= 15 is 0 Å². The average molecular weight is 368 g/mol. The zero-order valence-corrected chi connectivity index (χ0v) is 14.2. The molecule has 2 rings (SSSR count). The molecule has 0 aliphatic rings. The molecular weight excluding hydrogens is 349 g/mol. The smallest absolute Gasteiger partial charge is 0.257 e. The first-order chi connectivity index (χ1) is 12.0. The summed E-state index contributed by atoms with van der Waals surface area (Å²) in [5.41, 5.74) is 1.39. The molecule has 5 nitrogen and oxygen atoms in total. The summed E-state index contributed by atoms with van der Waals surface area (Å²) in [5, 5.41) is 21.9. The van der Waals surface area contributed by atoms with Crippen molar-refractivity contribution in [3.05, 3.63) is 63.9 Å². The minimum Gasteiger partial charge on any atom is -0.483 e. The van der Waals surface area contributed by atoms with Gasteiger partial charge in [0.15, 0.2) is 6.61 Å². The predicted octanol–water partition coefficient (Wildman–Crippen LogP) is 2.20. The van der Waals surface area contributed by atoms with E-state index in [0.717, 1.165) is 17.7 Å². The van der Waals surface area contributed by atoms with Crippen molar-refractivity contribution >= 4 is 17.5 Å². The van der Waals surface area contributed by atoms with Crippen molar-refractivity contribution in [2.45, 2.75) is 19.6 Å². The van der Waals surface area contributed by atoms with Crippen molar-refractivity contribution in [1.82, 2.24) is 5.32 Å². The van der Waals surface area contributed by atoms with Crippen LogP contribution in [0.4, 0.5) is 4.39 Å². The van der Waals surface area contributed by atoms with Crippen molar-refractivity contribution in [2.75, 3.05) is 13.2 Å². The standard InChI is InChI=1S/C18H19ClFNO4/c19-15-3-1-12(2-4-15)5-6-21-17(24)11-25-18-13(9-22)7-16(20)8-14(18)10-23/h1-4,7-8,22-23H,5-6,9-11H2,(H,21,24). The van der Waals surface area contributed by atoms with E-state index in [1.807, 2.05) is 12.1 Å². The predicted molar refractivity (Wildman–Crippen MR) is 91.9 cm³/mol. The van der Waals surface area contributed by atoms with Crippen LogP contribution < -0.4 is 10.1 Å². The Morgan fingerprint density at radius 3 is 2.28 bits per heavy atom. The monoisotopic (exact) mass is 367 g/mol. The van der Waals surface area contributed by atoms with Gasteiger partial charge < -0.3 is 20.3 Å². The Hall–Kier alpha value is -2.15. The van der Waals surface area contributed by atoms with Crippen molar-refractivity contribution < 1.29 is 24.1 Å². The molecule has 0 radical (unpaired) electrons. The van der Waals surface area contributed by atoms with E-state index in [0.29, 0.717) is 18.0 Å². The number of rotatable bonds is 8. The largest absolute Gasteiger partial charge is 0.483 e. The molecule has 0 heterocycles. The van der Waals surface area contributed by atoms with Gasteiger partial charge in [0, 0.05) is 22.7 Å². The topological polar surface area (TPSA) is 78.8 Å². The number of halogens is 2. The fourth-order valence-corrected chi connectivity index (χ4v) is 2.44. The van der Waals surface area contributed by atoms with Crippen LogP contribution in [0.15, 0.2) is 36.4 Å². The summed E-state index contributed by atoms with van der Waals surface area (Å²) in [7, 11) is 0. The Labute approximate surface area is 150 Å². The molecule has 0 fully saturated rings. The lowest BCUT2D eigenvalue weighted by atomic mass is 10.1. The number of benzene rings is 2. The van der Waals surface area contributed by atoms with E-state index in [-0.39, 0.29) is 29.4 Å². The van der Waals surface area contributed by atoms with Gasteiger partial charge in [-0.25, -0.2) is 4.39 Å². The number of nitrogens with one attached hydrogen (secondary N) is 1. The Balaban J connectivity index is 1.86. The lowest BCUT2D eigenvalue weighted by Crippen LogP contribution is -2.30. The molecule has 0 unspecified atom stereocenters. The molecule has 0 aromatic heterocycles. The highest BCUT2D eigenvalue weighted by atomic mass is 35.5. The van der Waals surface area contributed by atoms with Crippen molar-refractivity contribution in [1.29, 1.82) is 0 Å². The van der Waals surface area contributed by atoms with E-state index in [1.54, 1.807) is 12.1 Å². The van der Waals surface area contributed by atoms with E-state index in [1.165, 1.54) is 0 Å². The molecule has 2 aromatic carbocycles. The summed E-state index contributed by atoms with van der Waals surface area (Å²) in [5.74, 6) is -0.821. The maximum Gasteiger partial charge on any atom is 0.257 e. The molecule has 0 spiro atoms. The quantitative estimate of drug-likeness (QED) is 0.668. The summed E-state index contributed by atoms with van der Waals surface area (Å²) in [6, 6.07) is 9.53. The molecule has 7 heteroatoms. The molecule has 0 saturated carbocycles. The van der Waals surface area contributed by atoms with Gasteiger partial charge in [-0.05, 0) is 36.2 Å². The van der Waals surface area contributed by atoms with Gasteiger partial charge in [0.2, 0.25) is 0 Å². The summed E-state index contributed by atoms with van der Waals surface area (Å²) in [6.45, 7) is -0.796. The van der Waals surface area contributed by atoms with E-state index in [4.69, 9.17) is 16.3 Å². The third kappa shape index (κ3) is 5.70. The molecule has 2 aromatic rings. The number of aliphatic hydroxyl groups is 2. The lowest BCUT2D eigenvalue weighted by Gasteiger charge is -2.14. The molecule has 0 saturated heterocycles. The van der Waals surface area contributed by atoms with Gasteiger partial charge in [0.1, 0.15) is 11.6 Å². The lowest BCUT2D eigenvalue weighted by molar-refractivity contribution is -0.123. The first-order valence-corrected chi connectivity index (χ1v) is 8.08.